The summed E-state index contributed by atoms with van der Waals surface area (Å²) in [6.45, 7) is 4.76. The third kappa shape index (κ3) is 3.09. The quantitative estimate of drug-likeness (QED) is 0.662. The average molecular weight is 383 g/mol. The number of benzene rings is 2. The average Bonchev–Trinajstić information content (AvgIpc) is 3.08. The summed E-state index contributed by atoms with van der Waals surface area (Å²) in [4.78, 5) is 2.21. The second-order valence-corrected chi connectivity index (χ2v) is 7.22. The molecule has 1 aromatic heterocycles. The minimum Gasteiger partial charge on any atom is -0.339 e. The number of hydrogen-bond acceptors (Lipinski definition) is 6. The zero-order chi connectivity index (χ0) is 20.5. The molecule has 0 amide bonds. The molecule has 1 atom stereocenters. The van der Waals surface area contributed by atoms with Crippen LogP contribution in [-0.2, 0) is 0 Å². The highest BCUT2D eigenvalue weighted by atomic mass is 15.3. The molecule has 0 spiro atoms. The van der Waals surface area contributed by atoms with E-state index >= 15 is 0 Å². The molecule has 144 valence electrons. The van der Waals surface area contributed by atoms with Crippen molar-refractivity contribution in [2.24, 2.45) is 0 Å². The maximum Gasteiger partial charge on any atom is 0.142 e. The van der Waals surface area contributed by atoms with Crippen LogP contribution in [0.4, 0.5) is 11.4 Å². The van der Waals surface area contributed by atoms with E-state index in [1.165, 1.54) is 12.4 Å². The molecule has 7 nitrogen and oxygen atoms in total. The number of rotatable bonds is 4. The minimum atomic E-state index is -0.370. The van der Waals surface area contributed by atoms with Gasteiger partial charge in [0.1, 0.15) is 11.6 Å². The molecule has 0 aliphatic carbocycles. The largest absolute Gasteiger partial charge is 0.339 e. The fourth-order valence-electron chi connectivity index (χ4n) is 3.80. The number of anilines is 2. The van der Waals surface area contributed by atoms with Crippen molar-refractivity contribution < 1.29 is 0 Å². The number of nitriles is 1. The Morgan fingerprint density at radius 1 is 1.10 bits per heavy atom. The van der Waals surface area contributed by atoms with Crippen molar-refractivity contribution >= 4 is 23.8 Å². The Bertz CT molecular complexity index is 1110. The molecule has 0 bridgehead atoms. The highest BCUT2D eigenvalue weighted by Crippen LogP contribution is 2.39. The molecule has 2 aromatic carbocycles. The van der Waals surface area contributed by atoms with Gasteiger partial charge in [0.25, 0.3) is 0 Å². The lowest BCUT2D eigenvalue weighted by atomic mass is 9.99. The second-order valence-electron chi connectivity index (χ2n) is 7.22. The Hall–Kier alpha value is -3.79. The van der Waals surface area contributed by atoms with Crippen LogP contribution in [0.1, 0.15) is 41.5 Å². The van der Waals surface area contributed by atoms with Crippen LogP contribution >= 0.6 is 0 Å². The van der Waals surface area contributed by atoms with Crippen molar-refractivity contribution in [3.63, 3.8) is 0 Å². The smallest absolute Gasteiger partial charge is 0.142 e. The summed E-state index contributed by atoms with van der Waals surface area (Å²) in [5.41, 5.74) is 4.41. The maximum absolute atomic E-state index is 9.13. The number of fused-ring (bicyclic) bond motifs is 3. The van der Waals surface area contributed by atoms with E-state index in [4.69, 9.17) is 16.1 Å². The molecule has 1 unspecified atom stereocenters. The molecule has 1 aliphatic rings. The van der Waals surface area contributed by atoms with E-state index in [-0.39, 0.29) is 11.8 Å². The second kappa shape index (κ2) is 7.32. The third-order valence-electron chi connectivity index (χ3n) is 5.33. The first-order chi connectivity index (χ1) is 14.1. The van der Waals surface area contributed by atoms with E-state index in [9.17, 15) is 0 Å². The fraction of sp³-hybridized carbons (Fsp3) is 0.227. The van der Waals surface area contributed by atoms with E-state index < -0.39 is 0 Å². The third-order valence-corrected chi connectivity index (χ3v) is 5.33. The van der Waals surface area contributed by atoms with E-state index in [1.54, 1.807) is 0 Å². The Kier molecular flexibility index (Phi) is 4.69. The normalized spacial score (nSPS) is 16.2. The fourth-order valence-corrected chi connectivity index (χ4v) is 3.80. The zero-order valence-electron chi connectivity index (χ0n) is 16.3. The summed E-state index contributed by atoms with van der Waals surface area (Å²) in [7, 11) is 0. The van der Waals surface area contributed by atoms with Gasteiger partial charge in [0.05, 0.1) is 28.9 Å². The van der Waals surface area contributed by atoms with Crippen molar-refractivity contribution in [3.8, 4) is 11.8 Å². The molecule has 0 saturated carbocycles. The van der Waals surface area contributed by atoms with Crippen LogP contribution in [0.15, 0.2) is 42.5 Å². The summed E-state index contributed by atoms with van der Waals surface area (Å²) in [5.74, 6) is 1.48. The summed E-state index contributed by atoms with van der Waals surface area (Å²) >= 11 is 0. The molecule has 2 N–H and O–H groups in total. The highest BCUT2D eigenvalue weighted by Gasteiger charge is 2.28. The maximum atomic E-state index is 9.13. The number of aromatic nitrogens is 3. The zero-order valence-corrected chi connectivity index (χ0v) is 16.3. The van der Waals surface area contributed by atoms with Gasteiger partial charge in [-0.05, 0) is 48.9 Å². The first kappa shape index (κ1) is 18.6. The van der Waals surface area contributed by atoms with Crippen molar-refractivity contribution in [2.45, 2.75) is 25.7 Å². The topological polar surface area (TPSA) is 105 Å². The number of nitrogens with one attached hydrogen (secondary N) is 2. The molecule has 1 aliphatic heterocycles. The minimum absolute atomic E-state index is 0.129. The lowest BCUT2D eigenvalue weighted by Crippen LogP contribution is -2.22. The molecule has 2 heterocycles. The summed E-state index contributed by atoms with van der Waals surface area (Å²) in [5, 5.41) is 33.1. The van der Waals surface area contributed by atoms with E-state index in [1.807, 2.05) is 49.4 Å². The molecular weight excluding hydrogens is 362 g/mol. The molecule has 0 saturated heterocycles. The molecule has 3 aromatic rings. The van der Waals surface area contributed by atoms with Crippen LogP contribution in [0.5, 0.6) is 0 Å². The highest BCUT2D eigenvalue weighted by molar-refractivity contribution is 5.88. The number of hydrogen-bond donors (Lipinski definition) is 2. The lowest BCUT2D eigenvalue weighted by Gasteiger charge is -2.27. The molecule has 29 heavy (non-hydrogen) atoms. The Balaban J connectivity index is 1.95. The van der Waals surface area contributed by atoms with Crippen molar-refractivity contribution in [1.82, 2.24) is 14.8 Å². The number of aryl methyl sites for hydroxylation is 1. The molecule has 0 radical (unpaired) electrons. The van der Waals surface area contributed by atoms with Crippen LogP contribution in [-0.4, -0.2) is 33.7 Å². The first-order valence-electron chi connectivity index (χ1n) is 9.42. The van der Waals surface area contributed by atoms with Crippen molar-refractivity contribution in [1.29, 1.82) is 16.1 Å². The van der Waals surface area contributed by atoms with Crippen molar-refractivity contribution in [2.75, 3.05) is 11.4 Å². The number of nitrogens with zero attached hydrogens (tertiary/aromatic N) is 5. The van der Waals surface area contributed by atoms with Gasteiger partial charge in [0.15, 0.2) is 0 Å². The van der Waals surface area contributed by atoms with Gasteiger partial charge in [-0.3, -0.25) is 4.57 Å². The molecule has 4 rings (SSSR count). The van der Waals surface area contributed by atoms with Crippen LogP contribution in [0.25, 0.3) is 5.69 Å². The monoisotopic (exact) mass is 383 g/mol. The van der Waals surface area contributed by atoms with Crippen molar-refractivity contribution in [3.05, 3.63) is 65.2 Å². The molecule has 0 fully saturated rings. The molecular formula is C22H21N7. The Labute approximate surface area is 169 Å². The van der Waals surface area contributed by atoms with Gasteiger partial charge in [-0.2, -0.15) is 5.26 Å². The van der Waals surface area contributed by atoms with Gasteiger partial charge in [-0.25, -0.2) is 0 Å². The predicted octanol–water partition coefficient (Wildman–Crippen LogP) is 4.09. The predicted molar refractivity (Wildman–Crippen MR) is 113 cm³/mol. The van der Waals surface area contributed by atoms with E-state index in [0.29, 0.717) is 12.1 Å². The van der Waals surface area contributed by atoms with E-state index in [0.717, 1.165) is 34.3 Å². The molecule has 7 heteroatoms. The van der Waals surface area contributed by atoms with Gasteiger partial charge in [-0.15, -0.1) is 10.2 Å². The van der Waals surface area contributed by atoms with Gasteiger partial charge >= 0.3 is 0 Å². The summed E-state index contributed by atoms with van der Waals surface area (Å²) < 4.78 is 2.08. The van der Waals surface area contributed by atoms with E-state index in [2.05, 4.69) is 32.7 Å². The van der Waals surface area contributed by atoms with Gasteiger partial charge in [-0.1, -0.05) is 13.0 Å². The Morgan fingerprint density at radius 2 is 1.83 bits per heavy atom. The van der Waals surface area contributed by atoms with Crippen LogP contribution in [0, 0.1) is 29.1 Å². The van der Waals surface area contributed by atoms with Gasteiger partial charge < -0.3 is 15.7 Å². The Morgan fingerprint density at radius 3 is 2.48 bits per heavy atom. The summed E-state index contributed by atoms with van der Waals surface area (Å²) in [6, 6.07) is 15.7. The first-order valence-corrected chi connectivity index (χ1v) is 9.42. The van der Waals surface area contributed by atoms with Crippen LogP contribution in [0.3, 0.4) is 0 Å². The lowest BCUT2D eigenvalue weighted by molar-refractivity contribution is 0.696. The summed E-state index contributed by atoms with van der Waals surface area (Å²) in [6.07, 6.45) is 2.55. The van der Waals surface area contributed by atoms with Gasteiger partial charge in [0.2, 0.25) is 0 Å². The van der Waals surface area contributed by atoms with Crippen LogP contribution in [0.2, 0.25) is 0 Å². The van der Waals surface area contributed by atoms with Crippen LogP contribution < -0.4 is 4.90 Å². The standard InChI is InChI=1S/C22H21N7/c1-14-13-28(19-6-3-16(10-23)4-7-19)21-9-17(18(11-24)12-25)5-8-20(21)29-15(2)26-27-22(14)29/h3-9,11-12,14,18,24-25H,13H2,1-2H3. The SMILES string of the molecule is Cc1nnc2n1-c1ccc(C(C=N)C=N)cc1N(c1ccc(C#N)cc1)CC2C. The van der Waals surface area contributed by atoms with Gasteiger partial charge in [0, 0.05) is 30.6 Å².